The molecule has 2 aromatic carbocycles. The first kappa shape index (κ1) is 26.7. The lowest BCUT2D eigenvalue weighted by Gasteiger charge is -2.32. The second kappa shape index (κ2) is 10.4. The number of hydrogen-bond acceptors (Lipinski definition) is 7. The third-order valence-corrected chi connectivity index (χ3v) is 6.02. The number of aromatic nitrogens is 1. The van der Waals surface area contributed by atoms with E-state index in [0.717, 1.165) is 11.1 Å². The van der Waals surface area contributed by atoms with Crippen LogP contribution >= 0.6 is 0 Å². The normalized spacial score (nSPS) is 13.1. The summed E-state index contributed by atoms with van der Waals surface area (Å²) in [6.45, 7) is 7.07. The number of amides is 2. The molecule has 0 aliphatic carbocycles. The van der Waals surface area contributed by atoms with Crippen LogP contribution in [0.3, 0.4) is 0 Å². The number of carbonyl (C=O) groups excluding carboxylic acids is 2. The zero-order valence-corrected chi connectivity index (χ0v) is 21.8. The number of rotatable bonds is 9. The number of carboxylic acids is 1. The molecule has 0 radical (unpaired) electrons. The number of benzene rings is 2. The number of methoxy groups -OCH3 is 1. The Balaban J connectivity index is 1.95. The first-order chi connectivity index (χ1) is 16.9. The van der Waals surface area contributed by atoms with Crippen LogP contribution in [0, 0.1) is 13.8 Å². The zero-order chi connectivity index (χ0) is 26.7. The Labute approximate surface area is 211 Å². The number of carbonyl (C=O) groups is 2. The number of oxazole rings is 1. The number of ether oxygens (including phenoxy) is 2. The Morgan fingerprint density at radius 1 is 1.14 bits per heavy atom. The maximum Gasteiger partial charge on any atom is 0.416 e. The Morgan fingerprint density at radius 2 is 1.81 bits per heavy atom. The average Bonchev–Trinajstić information content (AvgIpc) is 3.20. The molecule has 0 aliphatic rings. The fraction of sp³-hybridized carbons (Fsp3) is 0.370. The van der Waals surface area contributed by atoms with Gasteiger partial charge in [-0.3, -0.25) is 0 Å². The van der Waals surface area contributed by atoms with Gasteiger partial charge >= 0.3 is 6.03 Å². The van der Waals surface area contributed by atoms with Crippen molar-refractivity contribution < 1.29 is 33.1 Å². The number of nitrogens with zero attached hydrogens (tertiary/aromatic N) is 2. The Kier molecular flexibility index (Phi) is 7.74. The summed E-state index contributed by atoms with van der Waals surface area (Å²) >= 11 is 0. The van der Waals surface area contributed by atoms with E-state index in [2.05, 4.69) is 10.3 Å². The van der Waals surface area contributed by atoms with Crippen LogP contribution in [0.4, 0.5) is 4.79 Å². The summed E-state index contributed by atoms with van der Waals surface area (Å²) < 4.78 is 17.1. The van der Waals surface area contributed by atoms with Crippen molar-refractivity contribution in [2.75, 3.05) is 21.2 Å². The van der Waals surface area contributed by atoms with E-state index in [1.54, 1.807) is 20.0 Å². The molecule has 9 heteroatoms. The van der Waals surface area contributed by atoms with Gasteiger partial charge in [0.2, 0.25) is 5.89 Å². The molecule has 1 aromatic heterocycles. The van der Waals surface area contributed by atoms with Crippen LogP contribution in [0.1, 0.15) is 36.4 Å². The Hall–Kier alpha value is -3.85. The Morgan fingerprint density at radius 3 is 2.39 bits per heavy atom. The number of hydrogen-bond donors (Lipinski definition) is 1. The quantitative estimate of drug-likeness (QED) is 0.453. The highest BCUT2D eigenvalue weighted by Gasteiger charge is 2.35. The molecule has 3 rings (SSSR count). The summed E-state index contributed by atoms with van der Waals surface area (Å²) in [6, 6.07) is 13.0. The highest BCUT2D eigenvalue weighted by Crippen LogP contribution is 2.36. The summed E-state index contributed by atoms with van der Waals surface area (Å²) in [4.78, 5) is 29.2. The van der Waals surface area contributed by atoms with Gasteiger partial charge in [0.15, 0.2) is 11.5 Å². The van der Waals surface area contributed by atoms with Crippen LogP contribution in [0.25, 0.3) is 11.5 Å². The summed E-state index contributed by atoms with van der Waals surface area (Å²) in [5.74, 6) is 0.483. The maximum absolute atomic E-state index is 13.1. The fourth-order valence-corrected chi connectivity index (χ4v) is 3.97. The molecule has 36 heavy (non-hydrogen) atoms. The van der Waals surface area contributed by atoms with Gasteiger partial charge in [-0.1, -0.05) is 18.2 Å². The van der Waals surface area contributed by atoms with Crippen LogP contribution in [0.5, 0.6) is 11.5 Å². The van der Waals surface area contributed by atoms with Crippen molar-refractivity contribution in [3.05, 3.63) is 65.0 Å². The molecule has 2 amide bonds. The molecule has 1 atom stereocenters. The van der Waals surface area contributed by atoms with Gasteiger partial charge in [-0.15, -0.1) is 0 Å². The summed E-state index contributed by atoms with van der Waals surface area (Å²) in [5.41, 5.74) is 1.47. The number of nitrogens with one attached hydrogen (secondary N) is 1. The van der Waals surface area contributed by atoms with Gasteiger partial charge in [0.1, 0.15) is 30.1 Å². The molecular formula is C27H33N3O6. The van der Waals surface area contributed by atoms with E-state index in [-0.39, 0.29) is 10.5 Å². The minimum Gasteiger partial charge on any atom is -0.546 e. The van der Waals surface area contributed by atoms with E-state index in [0.29, 0.717) is 47.5 Å². The van der Waals surface area contributed by atoms with Crippen molar-refractivity contribution in [1.29, 1.82) is 0 Å². The van der Waals surface area contributed by atoms with Gasteiger partial charge in [0, 0.05) is 18.2 Å². The summed E-state index contributed by atoms with van der Waals surface area (Å²) in [5, 5.41) is 14.2. The first-order valence-electron chi connectivity index (χ1n) is 11.6. The number of carboxylic acid groups (broad SMARTS) is 1. The molecule has 1 unspecified atom stereocenters. The van der Waals surface area contributed by atoms with Gasteiger partial charge in [-0.2, -0.15) is 0 Å². The predicted octanol–water partition coefficient (Wildman–Crippen LogP) is 3.36. The minimum absolute atomic E-state index is 0.0363. The van der Waals surface area contributed by atoms with Gasteiger partial charge in [0.25, 0.3) is 0 Å². The van der Waals surface area contributed by atoms with Crippen molar-refractivity contribution in [1.82, 2.24) is 10.3 Å². The van der Waals surface area contributed by atoms with Crippen LogP contribution in [0.15, 0.2) is 46.9 Å². The maximum atomic E-state index is 13.1. The lowest BCUT2D eigenvalue weighted by molar-refractivity contribution is -0.858. The third kappa shape index (κ3) is 5.68. The first-order valence-corrected chi connectivity index (χ1v) is 11.6. The van der Waals surface area contributed by atoms with Crippen molar-refractivity contribution in [3.63, 3.8) is 0 Å². The molecule has 1 heterocycles. The summed E-state index contributed by atoms with van der Waals surface area (Å²) in [7, 11) is 4.89. The van der Waals surface area contributed by atoms with Crippen molar-refractivity contribution in [2.45, 2.75) is 46.4 Å². The predicted molar refractivity (Wildman–Crippen MR) is 132 cm³/mol. The largest absolute Gasteiger partial charge is 0.546 e. The van der Waals surface area contributed by atoms with Crippen LogP contribution < -0.4 is 19.9 Å². The number of quaternary nitrogens is 1. The van der Waals surface area contributed by atoms with Gasteiger partial charge in [-0.25, -0.2) is 14.3 Å². The molecule has 0 spiro atoms. The molecule has 1 N–H and O–H groups in total. The lowest BCUT2D eigenvalue weighted by Crippen LogP contribution is -2.52. The van der Waals surface area contributed by atoms with Crippen molar-refractivity contribution >= 4 is 12.0 Å². The topological polar surface area (TPSA) is 114 Å². The minimum atomic E-state index is -1.55. The zero-order valence-electron chi connectivity index (χ0n) is 21.8. The number of aliphatic carboxylic acids is 1. The van der Waals surface area contributed by atoms with E-state index >= 15 is 0 Å². The van der Waals surface area contributed by atoms with E-state index in [1.807, 2.05) is 50.4 Å². The van der Waals surface area contributed by atoms with Crippen molar-refractivity contribution in [2.24, 2.45) is 0 Å². The molecular weight excluding hydrogens is 462 g/mol. The monoisotopic (exact) mass is 495 g/mol. The molecule has 0 fully saturated rings. The van der Waals surface area contributed by atoms with E-state index in [4.69, 9.17) is 13.9 Å². The second-order valence-electron chi connectivity index (χ2n) is 9.50. The summed E-state index contributed by atoms with van der Waals surface area (Å²) in [6.07, 6.45) is 0. The van der Waals surface area contributed by atoms with Gasteiger partial charge < -0.3 is 29.1 Å². The third-order valence-electron chi connectivity index (χ3n) is 6.02. The smallest absolute Gasteiger partial charge is 0.416 e. The fourth-order valence-electron chi connectivity index (χ4n) is 3.97. The Bertz CT molecular complexity index is 1250. The number of aryl methyl sites for hydroxylation is 2. The van der Waals surface area contributed by atoms with Gasteiger partial charge in [0.05, 0.1) is 20.1 Å². The van der Waals surface area contributed by atoms with E-state index in [9.17, 15) is 14.7 Å². The molecule has 9 nitrogen and oxygen atoms in total. The molecule has 0 saturated carbocycles. The van der Waals surface area contributed by atoms with Crippen molar-refractivity contribution in [3.8, 4) is 23.0 Å². The molecule has 0 saturated heterocycles. The van der Waals surface area contributed by atoms with Crippen LogP contribution in [0.2, 0.25) is 0 Å². The van der Waals surface area contributed by atoms with Gasteiger partial charge in [-0.05, 0) is 57.5 Å². The molecule has 3 aromatic rings. The van der Waals surface area contributed by atoms with Crippen LogP contribution in [-0.4, -0.2) is 48.3 Å². The second-order valence-corrected chi connectivity index (χ2v) is 9.50. The molecule has 0 bridgehead atoms. The molecule has 192 valence electrons. The van der Waals surface area contributed by atoms with E-state index in [1.165, 1.54) is 21.0 Å². The number of urea groups is 1. The lowest BCUT2D eigenvalue weighted by atomic mass is 10.1. The SMILES string of the molecule is CNC(=O)[N+](C)(Cc1cc(C)c(OC(C)(C)C(=O)[O-])c(OC)c1)Cc1nc(-c2ccccc2)oc1C. The standard InChI is InChI=1S/C27H33N3O6/c1-17-13-19(14-22(34-7)23(17)36-27(3,4)25(31)32)15-30(6,26(33)28-5)16-21-18(2)35-24(29-21)20-11-9-8-10-12-20/h8-14H,15-16H2,1-7H3,(H-,28,31,32,33). The molecule has 0 aliphatic heterocycles. The average molecular weight is 496 g/mol. The highest BCUT2D eigenvalue weighted by atomic mass is 16.5. The highest BCUT2D eigenvalue weighted by molar-refractivity contribution is 5.75. The van der Waals surface area contributed by atoms with E-state index < -0.39 is 11.6 Å². The van der Waals surface area contributed by atoms with Crippen LogP contribution in [-0.2, 0) is 17.9 Å².